The minimum Gasteiger partial charge on any atom is -0.355 e. The number of anilines is 1. The van der Waals surface area contributed by atoms with Crippen LogP contribution in [-0.4, -0.2) is 71.0 Å². The van der Waals surface area contributed by atoms with Gasteiger partial charge >= 0.3 is 19.1 Å². The largest absolute Gasteiger partial charge is 0.355 e. The second kappa shape index (κ2) is 10.5. The molecule has 2 aliphatic rings. The lowest BCUT2D eigenvalue weighted by Gasteiger charge is -2.22. The molecule has 1 saturated heterocycles. The van der Waals surface area contributed by atoms with Crippen LogP contribution in [0.15, 0.2) is 23.6 Å². The van der Waals surface area contributed by atoms with Crippen molar-refractivity contribution in [1.82, 2.24) is 39.6 Å². The van der Waals surface area contributed by atoms with Gasteiger partial charge in [-0.15, -0.1) is 0 Å². The maximum Gasteiger partial charge on any atom is 0.324 e. The summed E-state index contributed by atoms with van der Waals surface area (Å²) in [5, 5.41) is 2.69. The van der Waals surface area contributed by atoms with Gasteiger partial charge in [-0.05, 0) is 11.8 Å². The van der Waals surface area contributed by atoms with Crippen LogP contribution in [0.3, 0.4) is 0 Å². The molecule has 0 radical (unpaired) electrons. The van der Waals surface area contributed by atoms with Gasteiger partial charge in [0.15, 0.2) is 24.3 Å². The van der Waals surface area contributed by atoms with Gasteiger partial charge in [-0.2, -0.15) is 0 Å². The van der Waals surface area contributed by atoms with Crippen LogP contribution >= 0.6 is 25.7 Å². The van der Waals surface area contributed by atoms with E-state index in [-0.39, 0.29) is 36.8 Å². The van der Waals surface area contributed by atoms with Gasteiger partial charge < -0.3 is 29.0 Å². The molecule has 40 heavy (non-hydrogen) atoms. The van der Waals surface area contributed by atoms with Crippen LogP contribution in [0, 0.1) is 0 Å². The highest BCUT2D eigenvalue weighted by Crippen LogP contribution is 2.53. The van der Waals surface area contributed by atoms with Gasteiger partial charge in [0.2, 0.25) is 11.7 Å². The number of fused-ring (bicyclic) bond motifs is 6. The maximum absolute atomic E-state index is 15.8. The molecule has 6 unspecified atom stereocenters. The number of nitrogen functional groups attached to an aromatic ring is 1. The Balaban J connectivity index is 1.38. The van der Waals surface area contributed by atoms with Gasteiger partial charge in [-0.25, -0.2) is 29.0 Å². The number of nitrogens with zero attached hydrogens (tertiary/aromatic N) is 6. The molecule has 214 valence electrons. The average Bonchev–Trinajstić information content (AvgIpc) is 3.55. The molecule has 0 saturated carbocycles. The summed E-state index contributed by atoms with van der Waals surface area (Å²) in [6, 6.07) is 0. The van der Waals surface area contributed by atoms with Crippen LogP contribution in [0.25, 0.3) is 22.3 Å². The van der Waals surface area contributed by atoms with E-state index >= 15 is 4.39 Å². The van der Waals surface area contributed by atoms with E-state index < -0.39 is 50.2 Å². The van der Waals surface area contributed by atoms with Gasteiger partial charge in [0, 0.05) is 6.54 Å². The Bertz CT molecular complexity index is 1750. The molecule has 22 heteroatoms. The Kier molecular flexibility index (Phi) is 7.27. The highest BCUT2D eigenvalue weighted by atomic mass is 32.7. The summed E-state index contributed by atoms with van der Waals surface area (Å²) < 4.78 is 54.6. The number of imidazole rings is 2. The van der Waals surface area contributed by atoms with Crippen molar-refractivity contribution < 1.29 is 36.7 Å². The van der Waals surface area contributed by atoms with E-state index in [2.05, 4.69) is 47.2 Å². The number of hydrogen-bond donors (Lipinski definition) is 6. The van der Waals surface area contributed by atoms with Gasteiger partial charge in [0.05, 0.1) is 26.0 Å². The van der Waals surface area contributed by atoms with Crippen LogP contribution in [-0.2, 0) is 47.8 Å². The number of hydrogen-bond acceptors (Lipinski definition) is 12. The molecule has 17 nitrogen and oxygen atoms in total. The predicted octanol–water partition coefficient (Wildman–Crippen LogP) is -0.0274. The van der Waals surface area contributed by atoms with Crippen LogP contribution in [0.4, 0.5) is 10.3 Å². The number of nitrogens with one attached hydrogen (secondary N) is 3. The van der Waals surface area contributed by atoms with E-state index in [1.165, 1.54) is 23.4 Å². The van der Waals surface area contributed by atoms with E-state index in [0.717, 1.165) is 0 Å². The molecule has 6 N–H and O–H groups in total. The molecular weight excluding hydrogens is 613 g/mol. The molecule has 4 aromatic rings. The first-order valence-corrected chi connectivity index (χ1v) is 17.0. The molecule has 2 bridgehead atoms. The maximum atomic E-state index is 15.8. The van der Waals surface area contributed by atoms with Crippen molar-refractivity contribution in [3.63, 3.8) is 0 Å². The van der Waals surface area contributed by atoms with E-state index in [1.54, 1.807) is 4.57 Å². The molecule has 6 heterocycles. The third kappa shape index (κ3) is 5.32. The molecule has 4 aromatic heterocycles. The molecule has 0 aliphatic carbocycles. The smallest absolute Gasteiger partial charge is 0.324 e. The Hall–Kier alpha value is -2.38. The number of rotatable bonds is 1. The van der Waals surface area contributed by atoms with Crippen LogP contribution in [0.2, 0.25) is 0 Å². The fourth-order valence-corrected chi connectivity index (χ4v) is 7.10. The van der Waals surface area contributed by atoms with Crippen molar-refractivity contribution in [2.45, 2.75) is 37.7 Å². The molecule has 0 spiro atoms. The van der Waals surface area contributed by atoms with Gasteiger partial charge in [0.1, 0.15) is 23.8 Å². The topological polar surface area (TPSA) is 221 Å². The summed E-state index contributed by atoms with van der Waals surface area (Å²) in [6.45, 7) is -8.49. The van der Waals surface area contributed by atoms with Crippen molar-refractivity contribution in [1.29, 1.82) is 0 Å². The van der Waals surface area contributed by atoms with Crippen molar-refractivity contribution in [3.05, 3.63) is 35.0 Å². The Morgan fingerprint density at radius 2 is 2.17 bits per heavy atom. The number of ether oxygens (including phenoxy) is 1. The fourth-order valence-electron chi connectivity index (χ4n) is 4.47. The molecular formula is C18H22FN10O7P2S2+. The Morgan fingerprint density at radius 3 is 3.00 bits per heavy atom. The number of halogens is 1. The lowest BCUT2D eigenvalue weighted by atomic mass is 10.1. The van der Waals surface area contributed by atoms with Crippen LogP contribution in [0.1, 0.15) is 12.1 Å². The van der Waals surface area contributed by atoms with Gasteiger partial charge in [-0.1, -0.05) is 17.2 Å². The monoisotopic (exact) mass is 635 g/mol. The third-order valence-electron chi connectivity index (χ3n) is 6.21. The first-order valence-electron chi connectivity index (χ1n) is 11.6. The quantitative estimate of drug-likeness (QED) is 0.0919. The highest BCUT2D eigenvalue weighted by molar-refractivity contribution is 8.45. The minimum atomic E-state index is -4.04. The standard InChI is InChI=1S/C18H21FN10O7P2S2/c19-11-9-5-34-38(32,40)33-2-1-28-10(25-8-3-21-6-22-14(8)28)4-24-37(31,39)36-13(11)17(35-9)29-7-23-12-15(29)26-18(20)27-16(12)30/h3,6-7,9,11,13,17H,1-2,4-5H2,(H6,20,24,26,27,30,31,32,39,40)/p+1. The van der Waals surface area contributed by atoms with E-state index in [0.29, 0.717) is 17.0 Å². The average molecular weight is 636 g/mol. The van der Waals surface area contributed by atoms with E-state index in [1.807, 2.05) is 0 Å². The van der Waals surface area contributed by atoms with Gasteiger partial charge in [0.25, 0.3) is 11.5 Å². The number of alkyl halides is 1. The summed E-state index contributed by atoms with van der Waals surface area (Å²) in [6.07, 6.45) is -2.03. The van der Waals surface area contributed by atoms with Crippen molar-refractivity contribution in [3.8, 4) is 0 Å². The van der Waals surface area contributed by atoms with Gasteiger partial charge in [-0.3, -0.25) is 23.9 Å². The zero-order valence-corrected chi connectivity index (χ0v) is 23.7. The van der Waals surface area contributed by atoms with E-state index in [9.17, 15) is 14.3 Å². The summed E-state index contributed by atoms with van der Waals surface area (Å²) in [4.78, 5) is 44.7. The summed E-state index contributed by atoms with van der Waals surface area (Å²) in [5.74, 6) is 0.164. The lowest BCUT2D eigenvalue weighted by molar-refractivity contribution is -0.744. The molecule has 6 rings (SSSR count). The van der Waals surface area contributed by atoms with Crippen LogP contribution in [0.5, 0.6) is 0 Å². The molecule has 0 aromatic carbocycles. The molecule has 1 fully saturated rings. The number of aromatic amines is 2. The second-order valence-electron chi connectivity index (χ2n) is 8.77. The first-order chi connectivity index (χ1) is 19.0. The number of nitrogens with two attached hydrogens (primary N) is 1. The molecule has 6 atom stereocenters. The normalized spacial score (nSPS) is 32.1. The predicted molar refractivity (Wildman–Crippen MR) is 142 cm³/mol. The van der Waals surface area contributed by atoms with E-state index in [4.69, 9.17) is 35.8 Å². The SMILES string of the molecule is Nc1nc2c([nH]c[n+]2C2OC3COP(O)(=S)OCCn4c(nc5cncnc54)CNP(=O)(S)OC2C3F)c(=O)[nH]1. The minimum absolute atomic E-state index is 0.0235. The zero-order valence-electron chi connectivity index (χ0n) is 20.2. The zero-order chi connectivity index (χ0) is 28.2. The fraction of sp³-hybridized carbons (Fsp3) is 0.444. The number of aromatic nitrogens is 8. The Labute approximate surface area is 233 Å². The summed E-state index contributed by atoms with van der Waals surface area (Å²) in [5.41, 5.74) is 6.08. The van der Waals surface area contributed by atoms with Crippen LogP contribution < -0.4 is 20.9 Å². The molecule has 0 amide bonds. The first kappa shape index (κ1) is 27.8. The Morgan fingerprint density at radius 1 is 1.35 bits per heavy atom. The highest BCUT2D eigenvalue weighted by Gasteiger charge is 2.52. The van der Waals surface area contributed by atoms with Crippen molar-refractivity contribution in [2.24, 2.45) is 0 Å². The summed E-state index contributed by atoms with van der Waals surface area (Å²) >= 11 is 9.27. The number of thiol groups is 1. The lowest BCUT2D eigenvalue weighted by Crippen LogP contribution is -2.46. The van der Waals surface area contributed by atoms with Crippen molar-refractivity contribution >= 4 is 65.8 Å². The number of H-pyrrole nitrogens is 2. The second-order valence-corrected chi connectivity index (χ2v) is 14.8. The summed E-state index contributed by atoms with van der Waals surface area (Å²) in [7, 11) is 0. The van der Waals surface area contributed by atoms with Crippen molar-refractivity contribution in [2.75, 3.05) is 18.9 Å². The third-order valence-corrected chi connectivity index (χ3v) is 9.62. The molecule has 2 aliphatic heterocycles.